The van der Waals surface area contributed by atoms with E-state index in [1.165, 1.54) is 103 Å². The smallest absolute Gasteiger partial charge is 0.302 e. The highest BCUT2D eigenvalue weighted by Crippen LogP contribution is 2.10. The quantitative estimate of drug-likeness (QED) is 0.141. The number of amides is 2. The lowest BCUT2D eigenvalue weighted by atomic mass is 10.1. The van der Waals surface area contributed by atoms with Crippen LogP contribution in [0.2, 0.25) is 0 Å². The topological polar surface area (TPSA) is 48.9 Å². The second kappa shape index (κ2) is 19.7. The van der Waals surface area contributed by atoms with E-state index in [0.29, 0.717) is 0 Å². The first-order valence-electron chi connectivity index (χ1n) is 14.8. The maximum Gasteiger partial charge on any atom is 0.324 e. The summed E-state index contributed by atoms with van der Waals surface area (Å²) in [6, 6.07) is 7.68. The molecule has 0 radical (unpaired) electrons. The molecule has 2 rings (SSSR count). The van der Waals surface area contributed by atoms with Crippen molar-refractivity contribution >= 4 is 17.4 Å². The van der Waals surface area contributed by atoms with Crippen LogP contribution in [0.3, 0.4) is 0 Å². The maximum absolute atomic E-state index is 12.6. The molecule has 0 unspecified atom stereocenters. The molecular formula is C31H52N4O+2. The zero-order valence-electron chi connectivity index (χ0n) is 23.1. The summed E-state index contributed by atoms with van der Waals surface area (Å²) in [6.07, 6.45) is 29.3. The van der Waals surface area contributed by atoms with Gasteiger partial charge in [0.25, 0.3) is 0 Å². The van der Waals surface area contributed by atoms with Gasteiger partial charge >= 0.3 is 6.03 Å². The van der Waals surface area contributed by atoms with Gasteiger partial charge in [-0.05, 0) is 25.0 Å². The summed E-state index contributed by atoms with van der Waals surface area (Å²) in [5, 5.41) is 5.96. The highest BCUT2D eigenvalue weighted by molar-refractivity contribution is 5.99. The van der Waals surface area contributed by atoms with Crippen LogP contribution >= 0.6 is 0 Å². The Morgan fingerprint density at radius 2 is 0.944 bits per heavy atom. The van der Waals surface area contributed by atoms with Crippen LogP contribution in [0.25, 0.3) is 0 Å². The Morgan fingerprint density at radius 1 is 0.583 bits per heavy atom. The lowest BCUT2D eigenvalue weighted by molar-refractivity contribution is -0.696. The molecule has 36 heavy (non-hydrogen) atoms. The number of nitrogens with one attached hydrogen (secondary N) is 2. The predicted octanol–water partition coefficient (Wildman–Crippen LogP) is 8.19. The van der Waals surface area contributed by atoms with Gasteiger partial charge in [-0.3, -0.25) is 0 Å². The van der Waals surface area contributed by atoms with E-state index in [2.05, 4.69) is 46.0 Å². The Kier molecular flexibility index (Phi) is 16.3. The number of anilines is 2. The fraction of sp³-hybridized carbons (Fsp3) is 0.645. The van der Waals surface area contributed by atoms with Crippen molar-refractivity contribution in [1.82, 2.24) is 0 Å². The first kappa shape index (κ1) is 29.8. The molecule has 0 saturated carbocycles. The fourth-order valence-corrected chi connectivity index (χ4v) is 4.62. The Morgan fingerprint density at radius 3 is 1.33 bits per heavy atom. The first-order valence-corrected chi connectivity index (χ1v) is 14.8. The average molecular weight is 497 g/mol. The minimum Gasteiger partial charge on any atom is -0.302 e. The highest BCUT2D eigenvalue weighted by atomic mass is 16.2. The van der Waals surface area contributed by atoms with E-state index < -0.39 is 0 Å². The number of aromatic nitrogens is 2. The molecule has 5 nitrogen and oxygen atoms in total. The number of aryl methyl sites for hydroxylation is 2. The molecule has 0 bridgehead atoms. The molecular weight excluding hydrogens is 444 g/mol. The van der Waals surface area contributed by atoms with Gasteiger partial charge in [0.15, 0.2) is 24.8 Å². The van der Waals surface area contributed by atoms with Gasteiger partial charge in [0.1, 0.15) is 24.5 Å². The molecule has 0 spiro atoms. The first-order chi connectivity index (χ1) is 17.7. The van der Waals surface area contributed by atoms with Crippen molar-refractivity contribution in [3.63, 3.8) is 0 Å². The summed E-state index contributed by atoms with van der Waals surface area (Å²) >= 11 is 0. The van der Waals surface area contributed by atoms with Gasteiger partial charge in [0.05, 0.1) is 0 Å². The number of carbonyl (C=O) groups is 1. The summed E-state index contributed by atoms with van der Waals surface area (Å²) in [5.74, 6) is 0. The molecule has 2 N–H and O–H groups in total. The van der Waals surface area contributed by atoms with Crippen LogP contribution in [-0.4, -0.2) is 6.03 Å². The number of hydrogen-bond donors (Lipinski definition) is 2. The van der Waals surface area contributed by atoms with Crippen LogP contribution < -0.4 is 19.8 Å². The van der Waals surface area contributed by atoms with Gasteiger partial charge in [-0.2, -0.15) is 0 Å². The summed E-state index contributed by atoms with van der Waals surface area (Å²) in [5.41, 5.74) is 1.63. The summed E-state index contributed by atoms with van der Waals surface area (Å²) < 4.78 is 4.35. The zero-order chi connectivity index (χ0) is 25.7. The number of rotatable bonds is 20. The second-order valence-corrected chi connectivity index (χ2v) is 10.2. The van der Waals surface area contributed by atoms with Crippen molar-refractivity contribution in [3.05, 3.63) is 49.1 Å². The van der Waals surface area contributed by atoms with Gasteiger partial charge in [-0.25, -0.2) is 13.9 Å². The predicted molar refractivity (Wildman–Crippen MR) is 151 cm³/mol. The fourth-order valence-electron chi connectivity index (χ4n) is 4.62. The van der Waals surface area contributed by atoms with Crippen LogP contribution in [0.4, 0.5) is 16.2 Å². The molecule has 0 saturated heterocycles. The highest BCUT2D eigenvalue weighted by Gasteiger charge is 2.09. The van der Waals surface area contributed by atoms with E-state index in [4.69, 9.17) is 0 Å². The Labute approximate surface area is 220 Å². The van der Waals surface area contributed by atoms with Crippen LogP contribution in [0.1, 0.15) is 117 Å². The van der Waals surface area contributed by atoms with Crippen molar-refractivity contribution in [1.29, 1.82) is 0 Å². The SMILES string of the molecule is CCCCCCCCCC[n+]1cccc(NC(=O)Nc2ccc[n+](CCCCCCCCCC)c2)c1. The Bertz CT molecular complexity index is 771. The molecule has 0 aliphatic carbocycles. The molecule has 0 atom stereocenters. The van der Waals surface area contributed by atoms with Gasteiger partial charge in [-0.15, -0.1) is 0 Å². The summed E-state index contributed by atoms with van der Waals surface area (Å²) in [6.45, 7) is 6.51. The van der Waals surface area contributed by atoms with E-state index in [-0.39, 0.29) is 6.03 Å². The lowest BCUT2D eigenvalue weighted by Crippen LogP contribution is -2.34. The number of carbonyl (C=O) groups excluding carboxylic acids is 1. The summed E-state index contributed by atoms with van der Waals surface area (Å²) in [7, 11) is 0. The second-order valence-electron chi connectivity index (χ2n) is 10.2. The minimum atomic E-state index is -0.204. The van der Waals surface area contributed by atoms with Gasteiger partial charge in [-0.1, -0.05) is 90.9 Å². The van der Waals surface area contributed by atoms with E-state index in [9.17, 15) is 4.79 Å². The van der Waals surface area contributed by atoms with Crippen LogP contribution in [0.5, 0.6) is 0 Å². The van der Waals surface area contributed by atoms with E-state index in [1.807, 2.05) is 36.7 Å². The zero-order valence-corrected chi connectivity index (χ0v) is 23.1. The molecule has 0 aromatic carbocycles. The molecule has 2 heterocycles. The number of hydrogen-bond acceptors (Lipinski definition) is 1. The molecule has 5 heteroatoms. The molecule has 0 aliphatic rings. The molecule has 2 amide bonds. The van der Waals surface area contributed by atoms with E-state index in [1.54, 1.807) is 0 Å². The lowest BCUT2D eigenvalue weighted by Gasteiger charge is -2.07. The number of unbranched alkanes of at least 4 members (excludes halogenated alkanes) is 14. The van der Waals surface area contributed by atoms with Crippen molar-refractivity contribution < 1.29 is 13.9 Å². The van der Waals surface area contributed by atoms with Crippen molar-refractivity contribution in [2.24, 2.45) is 0 Å². The third-order valence-corrected chi connectivity index (χ3v) is 6.77. The minimum absolute atomic E-state index is 0.204. The van der Waals surface area contributed by atoms with Crippen molar-refractivity contribution in [2.45, 2.75) is 130 Å². The molecule has 2 aromatic heterocycles. The summed E-state index contributed by atoms with van der Waals surface area (Å²) in [4.78, 5) is 12.6. The van der Waals surface area contributed by atoms with E-state index >= 15 is 0 Å². The van der Waals surface area contributed by atoms with Crippen molar-refractivity contribution in [2.75, 3.05) is 10.6 Å². The third-order valence-electron chi connectivity index (χ3n) is 6.77. The van der Waals surface area contributed by atoms with Gasteiger partial charge in [0.2, 0.25) is 0 Å². The Hall–Kier alpha value is -2.43. The third kappa shape index (κ3) is 14.2. The monoisotopic (exact) mass is 496 g/mol. The van der Waals surface area contributed by atoms with Gasteiger partial charge < -0.3 is 10.6 Å². The van der Waals surface area contributed by atoms with Crippen molar-refractivity contribution in [3.8, 4) is 0 Å². The molecule has 200 valence electrons. The van der Waals surface area contributed by atoms with Gasteiger partial charge in [0, 0.05) is 25.0 Å². The number of pyridine rings is 2. The van der Waals surface area contributed by atoms with E-state index in [0.717, 1.165) is 24.5 Å². The molecule has 0 fully saturated rings. The van der Waals surface area contributed by atoms with Crippen LogP contribution in [-0.2, 0) is 13.1 Å². The van der Waals surface area contributed by atoms with Crippen LogP contribution in [0, 0.1) is 0 Å². The number of urea groups is 1. The molecule has 2 aromatic rings. The Balaban J connectivity index is 1.66. The van der Waals surface area contributed by atoms with Crippen LogP contribution in [0.15, 0.2) is 49.1 Å². The molecule has 0 aliphatic heterocycles. The normalized spacial score (nSPS) is 10.9. The maximum atomic E-state index is 12.6. The number of nitrogens with zero attached hydrogens (tertiary/aromatic N) is 2. The average Bonchev–Trinajstić information content (AvgIpc) is 2.87. The standard InChI is InChI=1S/C31H51N4O/c1-3-5-7-9-11-13-15-17-23-34-25-19-21-29(27-34)32-31(36)33-30-22-20-26-35(28-30)24-18-16-14-12-10-8-6-4-2/h19-22,25-28H,3-18,23-24H2,1-2H3,(H-,32,33,36)/q+1/p+1. The largest absolute Gasteiger partial charge is 0.324 e.